The topological polar surface area (TPSA) is 98.3 Å². The molecular weight excluding hydrogens is 364 g/mol. The second-order valence-electron chi connectivity index (χ2n) is 6.24. The van der Waals surface area contributed by atoms with Gasteiger partial charge in [0.25, 0.3) is 5.91 Å². The molecule has 9 heteroatoms. The first-order chi connectivity index (χ1) is 13.1. The van der Waals surface area contributed by atoms with Gasteiger partial charge in [-0.3, -0.25) is 9.48 Å². The number of nitrogen functional groups attached to an aromatic ring is 1. The molecule has 0 atom stereocenters. The number of nitrogens with two attached hydrogens (primary N) is 1. The number of amides is 1. The number of rotatable bonds is 4. The molecule has 0 saturated carbocycles. The number of thiazole rings is 1. The maximum Gasteiger partial charge on any atom is 0.277 e. The third-order valence-corrected chi connectivity index (χ3v) is 5.23. The zero-order chi connectivity index (χ0) is 18.8. The van der Waals surface area contributed by atoms with Crippen LogP contribution in [0.25, 0.3) is 10.6 Å². The monoisotopic (exact) mass is 384 g/mol. The van der Waals surface area contributed by atoms with Crippen LogP contribution in [0.1, 0.15) is 10.5 Å². The number of aryl methyl sites for hydroxylation is 1. The number of anilines is 3. The average Bonchev–Trinajstić information content (AvgIpc) is 3.28. The van der Waals surface area contributed by atoms with Crippen molar-refractivity contribution in [1.29, 1.82) is 0 Å². The van der Waals surface area contributed by atoms with E-state index in [-0.39, 0.29) is 11.6 Å². The fraction of sp³-hybridized carbons (Fsp3) is 0.278. The van der Waals surface area contributed by atoms with Gasteiger partial charge in [-0.2, -0.15) is 5.10 Å². The van der Waals surface area contributed by atoms with Gasteiger partial charge in [-0.25, -0.2) is 4.98 Å². The summed E-state index contributed by atoms with van der Waals surface area (Å²) < 4.78 is 7.03. The van der Waals surface area contributed by atoms with Crippen LogP contribution in [-0.2, 0) is 11.8 Å². The molecule has 27 heavy (non-hydrogen) atoms. The van der Waals surface area contributed by atoms with Crippen LogP contribution in [0.15, 0.2) is 36.7 Å². The SMILES string of the molecule is Cn1cc(NC(=O)c2nc(-c3cccc(N4CCOCC4)c3)sc2N)cn1. The molecule has 1 aliphatic rings. The Balaban J connectivity index is 1.56. The molecule has 3 heterocycles. The van der Waals surface area contributed by atoms with Crippen LogP contribution in [0.5, 0.6) is 0 Å². The summed E-state index contributed by atoms with van der Waals surface area (Å²) in [6, 6.07) is 8.12. The Labute approximate surface area is 160 Å². The van der Waals surface area contributed by atoms with Crippen LogP contribution in [0, 0.1) is 0 Å². The average molecular weight is 384 g/mol. The van der Waals surface area contributed by atoms with Gasteiger partial charge in [0.15, 0.2) is 5.69 Å². The van der Waals surface area contributed by atoms with Gasteiger partial charge >= 0.3 is 0 Å². The molecule has 0 aliphatic carbocycles. The number of hydrogen-bond acceptors (Lipinski definition) is 7. The Hall–Kier alpha value is -2.91. The number of benzene rings is 1. The lowest BCUT2D eigenvalue weighted by Gasteiger charge is -2.29. The summed E-state index contributed by atoms with van der Waals surface area (Å²) in [5, 5.41) is 7.91. The molecule has 0 radical (unpaired) electrons. The molecule has 2 aromatic heterocycles. The highest BCUT2D eigenvalue weighted by Gasteiger charge is 2.19. The number of nitrogens with zero attached hydrogens (tertiary/aromatic N) is 4. The van der Waals surface area contributed by atoms with E-state index in [0.29, 0.717) is 10.7 Å². The van der Waals surface area contributed by atoms with Gasteiger partial charge < -0.3 is 20.7 Å². The van der Waals surface area contributed by atoms with Gasteiger partial charge in [0, 0.05) is 37.6 Å². The molecule has 140 valence electrons. The van der Waals surface area contributed by atoms with Gasteiger partial charge in [0.05, 0.1) is 25.1 Å². The molecule has 3 aromatic rings. The van der Waals surface area contributed by atoms with Crippen molar-refractivity contribution in [1.82, 2.24) is 14.8 Å². The predicted molar refractivity (Wildman–Crippen MR) is 106 cm³/mol. The van der Waals surface area contributed by atoms with E-state index >= 15 is 0 Å². The second-order valence-corrected chi connectivity index (χ2v) is 7.27. The lowest BCUT2D eigenvalue weighted by Crippen LogP contribution is -2.36. The quantitative estimate of drug-likeness (QED) is 0.716. The van der Waals surface area contributed by atoms with Crippen LogP contribution in [0.3, 0.4) is 0 Å². The van der Waals surface area contributed by atoms with E-state index in [1.54, 1.807) is 24.1 Å². The summed E-state index contributed by atoms with van der Waals surface area (Å²) >= 11 is 1.31. The van der Waals surface area contributed by atoms with Crippen molar-refractivity contribution in [2.75, 3.05) is 42.3 Å². The molecule has 0 spiro atoms. The van der Waals surface area contributed by atoms with Crippen molar-refractivity contribution in [2.45, 2.75) is 0 Å². The highest BCUT2D eigenvalue weighted by Crippen LogP contribution is 2.32. The van der Waals surface area contributed by atoms with E-state index < -0.39 is 0 Å². The molecule has 0 unspecified atom stereocenters. The predicted octanol–water partition coefficient (Wildman–Crippen LogP) is 2.21. The van der Waals surface area contributed by atoms with E-state index in [2.05, 4.69) is 32.4 Å². The molecule has 1 fully saturated rings. The van der Waals surface area contributed by atoms with E-state index in [1.807, 2.05) is 12.1 Å². The number of morpholine rings is 1. The molecule has 4 rings (SSSR count). The van der Waals surface area contributed by atoms with Crippen molar-refractivity contribution < 1.29 is 9.53 Å². The number of nitrogens with one attached hydrogen (secondary N) is 1. The first kappa shape index (κ1) is 17.5. The fourth-order valence-corrected chi connectivity index (χ4v) is 3.78. The number of ether oxygens (including phenoxy) is 1. The number of carbonyl (C=O) groups excluding carboxylic acids is 1. The third-order valence-electron chi connectivity index (χ3n) is 4.30. The van der Waals surface area contributed by atoms with Crippen LogP contribution in [0.4, 0.5) is 16.4 Å². The fourth-order valence-electron chi connectivity index (χ4n) is 2.95. The van der Waals surface area contributed by atoms with E-state index in [9.17, 15) is 4.79 Å². The Morgan fingerprint density at radius 2 is 2.15 bits per heavy atom. The van der Waals surface area contributed by atoms with Crippen LogP contribution in [0.2, 0.25) is 0 Å². The standard InChI is InChI=1S/C18H20N6O2S/c1-23-11-13(10-20-23)21-17(25)15-16(19)27-18(22-15)12-3-2-4-14(9-12)24-5-7-26-8-6-24/h2-4,9-11H,5-8,19H2,1H3,(H,21,25). The molecule has 1 aliphatic heterocycles. The first-order valence-corrected chi connectivity index (χ1v) is 9.41. The summed E-state index contributed by atoms with van der Waals surface area (Å²) in [4.78, 5) is 19.3. The lowest BCUT2D eigenvalue weighted by atomic mass is 10.2. The van der Waals surface area contributed by atoms with E-state index in [1.165, 1.54) is 11.3 Å². The van der Waals surface area contributed by atoms with Crippen molar-refractivity contribution >= 4 is 33.6 Å². The maximum absolute atomic E-state index is 12.5. The van der Waals surface area contributed by atoms with Gasteiger partial charge in [0.2, 0.25) is 0 Å². The molecule has 3 N–H and O–H groups in total. The van der Waals surface area contributed by atoms with Gasteiger partial charge in [-0.15, -0.1) is 0 Å². The van der Waals surface area contributed by atoms with Crippen LogP contribution in [-0.4, -0.2) is 47.0 Å². The minimum atomic E-state index is -0.340. The van der Waals surface area contributed by atoms with Gasteiger partial charge in [0.1, 0.15) is 10.0 Å². The molecule has 1 amide bonds. The second kappa shape index (κ2) is 7.37. The van der Waals surface area contributed by atoms with E-state index in [0.717, 1.165) is 42.6 Å². The summed E-state index contributed by atoms with van der Waals surface area (Å²) in [6.07, 6.45) is 3.29. The summed E-state index contributed by atoms with van der Waals surface area (Å²) in [5.41, 5.74) is 8.96. The Bertz CT molecular complexity index is 960. The minimum Gasteiger partial charge on any atom is -0.389 e. The van der Waals surface area contributed by atoms with Crippen molar-refractivity contribution in [3.05, 3.63) is 42.4 Å². The summed E-state index contributed by atoms with van der Waals surface area (Å²) in [6.45, 7) is 3.19. The lowest BCUT2D eigenvalue weighted by molar-refractivity contribution is 0.102. The molecular formula is C18H20N6O2S. The van der Waals surface area contributed by atoms with Crippen LogP contribution >= 0.6 is 11.3 Å². The van der Waals surface area contributed by atoms with E-state index in [4.69, 9.17) is 10.5 Å². The highest BCUT2D eigenvalue weighted by atomic mass is 32.1. The summed E-state index contributed by atoms with van der Waals surface area (Å²) in [7, 11) is 1.78. The Morgan fingerprint density at radius 3 is 2.89 bits per heavy atom. The van der Waals surface area contributed by atoms with Crippen molar-refractivity contribution in [3.8, 4) is 10.6 Å². The largest absolute Gasteiger partial charge is 0.389 e. The first-order valence-electron chi connectivity index (χ1n) is 8.59. The molecule has 1 aromatic carbocycles. The van der Waals surface area contributed by atoms with Crippen molar-refractivity contribution in [2.24, 2.45) is 7.05 Å². The van der Waals surface area contributed by atoms with Gasteiger partial charge in [-0.05, 0) is 12.1 Å². The Kier molecular flexibility index (Phi) is 4.78. The molecule has 1 saturated heterocycles. The minimum absolute atomic E-state index is 0.232. The molecule has 0 bridgehead atoms. The maximum atomic E-state index is 12.5. The normalized spacial score (nSPS) is 14.3. The van der Waals surface area contributed by atoms with Gasteiger partial charge in [-0.1, -0.05) is 23.5 Å². The zero-order valence-electron chi connectivity index (χ0n) is 14.9. The third kappa shape index (κ3) is 3.79. The molecule has 8 nitrogen and oxygen atoms in total. The Morgan fingerprint density at radius 1 is 1.33 bits per heavy atom. The number of carbonyl (C=O) groups is 1. The highest BCUT2D eigenvalue weighted by molar-refractivity contribution is 7.19. The smallest absolute Gasteiger partial charge is 0.277 e. The van der Waals surface area contributed by atoms with Crippen molar-refractivity contribution in [3.63, 3.8) is 0 Å². The number of hydrogen-bond donors (Lipinski definition) is 2. The van der Waals surface area contributed by atoms with Crippen LogP contribution < -0.4 is 16.0 Å². The zero-order valence-corrected chi connectivity index (χ0v) is 15.7. The number of aromatic nitrogens is 3. The summed E-state index contributed by atoms with van der Waals surface area (Å²) in [5.74, 6) is -0.340.